The summed E-state index contributed by atoms with van der Waals surface area (Å²) in [7, 11) is 0. The van der Waals surface area contributed by atoms with Gasteiger partial charge in [-0.05, 0) is 30.4 Å². The Balaban J connectivity index is 2.22. The summed E-state index contributed by atoms with van der Waals surface area (Å²) in [6.07, 6.45) is 6.14. The van der Waals surface area contributed by atoms with Crippen molar-refractivity contribution in [1.82, 2.24) is 0 Å². The molecule has 0 radical (unpaired) electrons. The number of rotatable bonds is 3. The van der Waals surface area contributed by atoms with Gasteiger partial charge in [0, 0.05) is 6.08 Å². The van der Waals surface area contributed by atoms with Gasteiger partial charge in [-0.15, -0.1) is 0 Å². The highest BCUT2D eigenvalue weighted by atomic mass is 16.5. The maximum atomic E-state index is 11.2. The Hall–Kier alpha value is -1.57. The van der Waals surface area contributed by atoms with E-state index in [0.29, 0.717) is 11.7 Å². The van der Waals surface area contributed by atoms with E-state index in [4.69, 9.17) is 4.74 Å². The smallest absolute Gasteiger partial charge is 0.335 e. The Morgan fingerprint density at radius 3 is 2.69 bits per heavy atom. The second-order valence-electron chi connectivity index (χ2n) is 4.14. The van der Waals surface area contributed by atoms with E-state index in [2.05, 4.69) is 12.6 Å². The fraction of sp³-hybridized carbons (Fsp3) is 0.357. The third-order valence-electron chi connectivity index (χ3n) is 3.09. The minimum absolute atomic E-state index is 0.384. The van der Waals surface area contributed by atoms with Crippen LogP contribution in [0, 0.1) is 0 Å². The van der Waals surface area contributed by atoms with E-state index in [1.807, 2.05) is 18.2 Å². The Morgan fingerprint density at radius 2 is 2.00 bits per heavy atom. The van der Waals surface area contributed by atoms with Crippen LogP contribution in [0.25, 0.3) is 0 Å². The summed E-state index contributed by atoms with van der Waals surface area (Å²) in [5.41, 5.74) is 1.16. The van der Waals surface area contributed by atoms with Crippen LogP contribution in [0.5, 0.6) is 5.75 Å². The van der Waals surface area contributed by atoms with Crippen molar-refractivity contribution < 1.29 is 9.53 Å². The Kier molecular flexibility index (Phi) is 3.40. The molecular weight excluding hydrogens is 200 g/mol. The highest BCUT2D eigenvalue weighted by Gasteiger charge is 2.20. The van der Waals surface area contributed by atoms with Crippen LogP contribution in [-0.4, -0.2) is 5.97 Å². The molecule has 0 N–H and O–H groups in total. The number of hydrogen-bond donors (Lipinski definition) is 0. The van der Waals surface area contributed by atoms with Gasteiger partial charge in [-0.25, -0.2) is 4.79 Å². The number of ether oxygens (including phenoxy) is 1. The van der Waals surface area contributed by atoms with Crippen molar-refractivity contribution in [2.45, 2.75) is 31.6 Å². The molecule has 2 rings (SSSR count). The Bertz CT molecular complexity index is 389. The van der Waals surface area contributed by atoms with Gasteiger partial charge < -0.3 is 4.74 Å². The predicted octanol–water partition coefficient (Wildman–Crippen LogP) is 3.44. The largest absolute Gasteiger partial charge is 0.423 e. The molecule has 1 aromatic rings. The van der Waals surface area contributed by atoms with E-state index >= 15 is 0 Å². The van der Waals surface area contributed by atoms with Crippen LogP contribution in [0.3, 0.4) is 0 Å². The van der Waals surface area contributed by atoms with Crippen LogP contribution in [0.4, 0.5) is 0 Å². The molecule has 0 amide bonds. The summed E-state index contributed by atoms with van der Waals surface area (Å²) in [5.74, 6) is 0.860. The van der Waals surface area contributed by atoms with Gasteiger partial charge in [-0.1, -0.05) is 37.6 Å². The fourth-order valence-corrected chi connectivity index (χ4v) is 2.30. The molecule has 1 aliphatic rings. The molecule has 0 aliphatic heterocycles. The first kappa shape index (κ1) is 10.9. The molecular formula is C14H16O2. The number of benzene rings is 1. The quantitative estimate of drug-likeness (QED) is 0.439. The first-order chi connectivity index (χ1) is 7.81. The summed E-state index contributed by atoms with van der Waals surface area (Å²) in [6, 6.07) is 7.81. The second-order valence-corrected chi connectivity index (χ2v) is 4.14. The Morgan fingerprint density at radius 1 is 1.31 bits per heavy atom. The van der Waals surface area contributed by atoms with Crippen molar-refractivity contribution in [2.75, 3.05) is 0 Å². The standard InChI is InChI=1S/C14H16O2/c1-2-14(15)16-13-10-6-5-9-12(13)11-7-3-4-8-11/h2,5-6,9-11H,1,3-4,7-8H2. The number of carbonyl (C=O) groups excluding carboxylic acids is 1. The minimum atomic E-state index is -0.384. The van der Waals surface area contributed by atoms with E-state index in [9.17, 15) is 4.79 Å². The normalized spacial score (nSPS) is 16.0. The highest BCUT2D eigenvalue weighted by Crippen LogP contribution is 2.38. The first-order valence-electron chi connectivity index (χ1n) is 5.74. The molecule has 1 fully saturated rings. The molecule has 0 saturated heterocycles. The van der Waals surface area contributed by atoms with Crippen molar-refractivity contribution in [2.24, 2.45) is 0 Å². The summed E-state index contributed by atoms with van der Waals surface area (Å²) < 4.78 is 5.25. The summed E-state index contributed by atoms with van der Waals surface area (Å²) in [6.45, 7) is 3.41. The lowest BCUT2D eigenvalue weighted by Crippen LogP contribution is -2.06. The summed E-state index contributed by atoms with van der Waals surface area (Å²) >= 11 is 0. The lowest BCUT2D eigenvalue weighted by atomic mass is 9.97. The molecule has 0 heterocycles. The molecule has 84 valence electrons. The molecule has 0 spiro atoms. The van der Waals surface area contributed by atoms with Gasteiger partial charge >= 0.3 is 5.97 Å². The molecule has 1 saturated carbocycles. The molecule has 0 unspecified atom stereocenters. The number of esters is 1. The molecule has 0 atom stereocenters. The van der Waals surface area contributed by atoms with Crippen molar-refractivity contribution in [3.05, 3.63) is 42.5 Å². The van der Waals surface area contributed by atoms with Crippen molar-refractivity contribution >= 4 is 5.97 Å². The second kappa shape index (κ2) is 4.97. The third kappa shape index (κ3) is 2.32. The molecule has 2 heteroatoms. The van der Waals surface area contributed by atoms with Gasteiger partial charge in [-0.3, -0.25) is 0 Å². The number of para-hydroxylation sites is 1. The van der Waals surface area contributed by atoms with Crippen LogP contribution >= 0.6 is 0 Å². The van der Waals surface area contributed by atoms with E-state index in [1.165, 1.54) is 31.8 Å². The van der Waals surface area contributed by atoms with Crippen LogP contribution in [0.2, 0.25) is 0 Å². The topological polar surface area (TPSA) is 26.3 Å². The van der Waals surface area contributed by atoms with E-state index < -0.39 is 0 Å². The number of carbonyl (C=O) groups is 1. The van der Waals surface area contributed by atoms with Crippen LogP contribution in [-0.2, 0) is 4.79 Å². The zero-order chi connectivity index (χ0) is 11.4. The SMILES string of the molecule is C=CC(=O)Oc1ccccc1C1CCCC1. The maximum Gasteiger partial charge on any atom is 0.335 e. The molecule has 0 aromatic heterocycles. The van der Waals surface area contributed by atoms with Gasteiger partial charge in [0.25, 0.3) is 0 Å². The van der Waals surface area contributed by atoms with Gasteiger partial charge in [0.1, 0.15) is 5.75 Å². The lowest BCUT2D eigenvalue weighted by Gasteiger charge is -2.13. The van der Waals surface area contributed by atoms with Gasteiger partial charge in [0.05, 0.1) is 0 Å². The van der Waals surface area contributed by atoms with Crippen LogP contribution in [0.1, 0.15) is 37.2 Å². The van der Waals surface area contributed by atoms with E-state index in [1.54, 1.807) is 0 Å². The van der Waals surface area contributed by atoms with Gasteiger partial charge in [0.2, 0.25) is 0 Å². The highest BCUT2D eigenvalue weighted by molar-refractivity contribution is 5.83. The van der Waals surface area contributed by atoms with Crippen LogP contribution in [0.15, 0.2) is 36.9 Å². The third-order valence-corrected chi connectivity index (χ3v) is 3.09. The van der Waals surface area contributed by atoms with E-state index in [0.717, 1.165) is 5.56 Å². The molecule has 1 aromatic carbocycles. The Labute approximate surface area is 95.9 Å². The molecule has 1 aliphatic carbocycles. The monoisotopic (exact) mass is 216 g/mol. The lowest BCUT2D eigenvalue weighted by molar-refractivity contribution is -0.129. The first-order valence-corrected chi connectivity index (χ1v) is 5.74. The zero-order valence-electron chi connectivity index (χ0n) is 9.32. The fourth-order valence-electron chi connectivity index (χ4n) is 2.30. The average Bonchev–Trinajstić information content (AvgIpc) is 2.83. The van der Waals surface area contributed by atoms with Crippen LogP contribution < -0.4 is 4.74 Å². The van der Waals surface area contributed by atoms with Crippen molar-refractivity contribution in [3.63, 3.8) is 0 Å². The molecule has 16 heavy (non-hydrogen) atoms. The predicted molar refractivity (Wildman–Crippen MR) is 63.5 cm³/mol. The van der Waals surface area contributed by atoms with E-state index in [-0.39, 0.29) is 5.97 Å². The summed E-state index contributed by atoms with van der Waals surface area (Å²) in [4.78, 5) is 11.2. The van der Waals surface area contributed by atoms with Gasteiger partial charge in [-0.2, -0.15) is 0 Å². The average molecular weight is 216 g/mol. The van der Waals surface area contributed by atoms with Crippen molar-refractivity contribution in [3.8, 4) is 5.75 Å². The maximum absolute atomic E-state index is 11.2. The zero-order valence-corrected chi connectivity index (χ0v) is 9.32. The molecule has 0 bridgehead atoms. The van der Waals surface area contributed by atoms with Gasteiger partial charge in [0.15, 0.2) is 0 Å². The number of hydrogen-bond acceptors (Lipinski definition) is 2. The molecule has 2 nitrogen and oxygen atoms in total. The van der Waals surface area contributed by atoms with Crippen molar-refractivity contribution in [1.29, 1.82) is 0 Å². The summed E-state index contributed by atoms with van der Waals surface area (Å²) in [5, 5.41) is 0. The minimum Gasteiger partial charge on any atom is -0.423 e.